The van der Waals surface area contributed by atoms with Crippen LogP contribution in [0, 0.1) is 0 Å². The Labute approximate surface area is 105 Å². The highest BCUT2D eigenvalue weighted by Gasteiger charge is 2.04. The van der Waals surface area contributed by atoms with Crippen LogP contribution in [-0.4, -0.2) is 44.5 Å². The highest BCUT2D eigenvalue weighted by atomic mass is 32.2. The molecule has 1 unspecified atom stereocenters. The molecule has 0 aromatic carbocycles. The molecule has 4 nitrogen and oxygen atoms in total. The normalized spacial score (nSPS) is 14.4. The van der Waals surface area contributed by atoms with Gasteiger partial charge < -0.3 is 5.32 Å². The van der Waals surface area contributed by atoms with Crippen LogP contribution in [0.1, 0.15) is 19.5 Å². The Balaban J connectivity index is 2.43. The summed E-state index contributed by atoms with van der Waals surface area (Å²) in [5.41, 5.74) is 1.03. The van der Waals surface area contributed by atoms with Crippen LogP contribution in [0.25, 0.3) is 0 Å². The molecule has 0 saturated carbocycles. The predicted molar refractivity (Wildman–Crippen MR) is 75.6 cm³/mol. The smallest absolute Gasteiger partial charge is 0.0975 e. The van der Waals surface area contributed by atoms with Gasteiger partial charge in [-0.2, -0.15) is 22.8 Å². The standard InChI is InChI=1S/C10H22N4S2/c1-9(2)11-7-10-8-14(13-12-10)16(4)6-5-15-3/h8-9,11,16H,5-7H2,1-4H3. The van der Waals surface area contributed by atoms with E-state index < -0.39 is 0 Å². The van der Waals surface area contributed by atoms with E-state index in [1.54, 1.807) is 0 Å². The first-order valence-electron chi connectivity index (χ1n) is 5.48. The van der Waals surface area contributed by atoms with Gasteiger partial charge in [0.25, 0.3) is 0 Å². The number of rotatable bonds is 7. The van der Waals surface area contributed by atoms with E-state index in [0.29, 0.717) is 6.04 Å². The van der Waals surface area contributed by atoms with Gasteiger partial charge in [-0.15, -0.1) is 5.10 Å². The van der Waals surface area contributed by atoms with E-state index >= 15 is 0 Å². The number of aromatic nitrogens is 3. The lowest BCUT2D eigenvalue weighted by Gasteiger charge is -2.14. The number of thiol groups is 1. The fourth-order valence-corrected chi connectivity index (χ4v) is 3.67. The fourth-order valence-electron chi connectivity index (χ4n) is 1.17. The molecule has 0 bridgehead atoms. The average molecular weight is 262 g/mol. The number of nitrogens with one attached hydrogen (secondary N) is 1. The van der Waals surface area contributed by atoms with Gasteiger partial charge in [-0.25, -0.2) is 4.09 Å². The third-order valence-corrected chi connectivity index (χ3v) is 4.87. The number of nitrogens with zero attached hydrogens (tertiary/aromatic N) is 3. The molecule has 1 rings (SSSR count). The van der Waals surface area contributed by atoms with Gasteiger partial charge in [0.1, 0.15) is 0 Å². The molecule has 1 atom stereocenters. The highest BCUT2D eigenvalue weighted by Crippen LogP contribution is 2.22. The van der Waals surface area contributed by atoms with Gasteiger partial charge in [0.15, 0.2) is 0 Å². The van der Waals surface area contributed by atoms with Crippen LogP contribution in [-0.2, 0) is 6.54 Å². The highest BCUT2D eigenvalue weighted by molar-refractivity contribution is 8.15. The van der Waals surface area contributed by atoms with Crippen LogP contribution < -0.4 is 5.32 Å². The zero-order chi connectivity index (χ0) is 12.0. The second kappa shape index (κ2) is 7.19. The maximum atomic E-state index is 4.19. The van der Waals surface area contributed by atoms with Crippen molar-refractivity contribution in [2.45, 2.75) is 26.4 Å². The molecule has 1 aromatic rings. The van der Waals surface area contributed by atoms with Crippen LogP contribution in [0.3, 0.4) is 0 Å². The quantitative estimate of drug-likeness (QED) is 0.732. The third kappa shape index (κ3) is 4.76. The molecule has 94 valence electrons. The summed E-state index contributed by atoms with van der Waals surface area (Å²) in [7, 11) is 0. The molecule has 16 heavy (non-hydrogen) atoms. The van der Waals surface area contributed by atoms with Crippen molar-refractivity contribution in [1.82, 2.24) is 19.7 Å². The average Bonchev–Trinajstić information content (AvgIpc) is 2.71. The lowest BCUT2D eigenvalue weighted by Crippen LogP contribution is -2.21. The Morgan fingerprint density at radius 2 is 2.31 bits per heavy atom. The first-order chi connectivity index (χ1) is 7.63. The van der Waals surface area contributed by atoms with Crippen LogP contribution in [0.2, 0.25) is 0 Å². The fraction of sp³-hybridized carbons (Fsp3) is 0.800. The lowest BCUT2D eigenvalue weighted by atomic mass is 10.4. The second-order valence-electron chi connectivity index (χ2n) is 4.04. The van der Waals surface area contributed by atoms with E-state index in [9.17, 15) is 0 Å². The number of hydrogen-bond acceptors (Lipinski definition) is 4. The minimum absolute atomic E-state index is 0.192. The van der Waals surface area contributed by atoms with Crippen molar-refractivity contribution in [3.05, 3.63) is 11.9 Å². The summed E-state index contributed by atoms with van der Waals surface area (Å²) in [5.74, 6) is 2.40. The van der Waals surface area contributed by atoms with Crippen LogP contribution in [0.5, 0.6) is 0 Å². The minimum Gasteiger partial charge on any atom is -0.309 e. The maximum Gasteiger partial charge on any atom is 0.0975 e. The van der Waals surface area contributed by atoms with E-state index in [-0.39, 0.29) is 11.1 Å². The molecule has 1 heterocycles. The second-order valence-corrected chi connectivity index (χ2v) is 7.20. The van der Waals surface area contributed by atoms with Gasteiger partial charge >= 0.3 is 0 Å². The predicted octanol–water partition coefficient (Wildman–Crippen LogP) is 1.53. The Morgan fingerprint density at radius 1 is 1.56 bits per heavy atom. The van der Waals surface area contributed by atoms with Crippen LogP contribution in [0.4, 0.5) is 0 Å². The molecule has 6 heteroatoms. The molecule has 0 fully saturated rings. The summed E-state index contributed by atoms with van der Waals surface area (Å²) in [6, 6.07) is 0.491. The van der Waals surface area contributed by atoms with E-state index in [1.165, 1.54) is 11.5 Å². The van der Waals surface area contributed by atoms with E-state index in [4.69, 9.17) is 0 Å². The summed E-state index contributed by atoms with van der Waals surface area (Å²) in [6.07, 6.45) is 6.46. The topological polar surface area (TPSA) is 42.7 Å². The van der Waals surface area contributed by atoms with E-state index in [1.807, 2.05) is 15.8 Å². The van der Waals surface area contributed by atoms with Crippen LogP contribution in [0.15, 0.2) is 6.20 Å². The minimum atomic E-state index is -0.192. The third-order valence-electron chi connectivity index (χ3n) is 2.19. The van der Waals surface area contributed by atoms with Crippen molar-refractivity contribution in [3.63, 3.8) is 0 Å². The van der Waals surface area contributed by atoms with Crippen molar-refractivity contribution < 1.29 is 0 Å². The molecule has 1 N–H and O–H groups in total. The van der Waals surface area contributed by atoms with Crippen molar-refractivity contribution in [1.29, 1.82) is 0 Å². The van der Waals surface area contributed by atoms with Crippen molar-refractivity contribution >= 4 is 22.8 Å². The molecule has 0 spiro atoms. The summed E-state index contributed by atoms with van der Waals surface area (Å²) in [5, 5.41) is 11.7. The summed E-state index contributed by atoms with van der Waals surface area (Å²) in [6.45, 7) is 5.08. The molecule has 1 aromatic heterocycles. The summed E-state index contributed by atoms with van der Waals surface area (Å²) in [4.78, 5) is 0. The molecule has 0 amide bonds. The zero-order valence-electron chi connectivity index (χ0n) is 10.5. The first-order valence-corrected chi connectivity index (χ1v) is 8.80. The van der Waals surface area contributed by atoms with Crippen LogP contribution >= 0.6 is 22.8 Å². The SMILES string of the molecule is CSCC[SH](C)n1cc(CNC(C)C)nn1. The van der Waals surface area contributed by atoms with Gasteiger partial charge in [0.05, 0.1) is 11.9 Å². The van der Waals surface area contributed by atoms with Crippen molar-refractivity contribution in [2.24, 2.45) is 0 Å². The maximum absolute atomic E-state index is 4.19. The molecule has 0 saturated heterocycles. The number of hydrogen-bond donors (Lipinski definition) is 2. The van der Waals surface area contributed by atoms with E-state index in [2.05, 4.69) is 48.2 Å². The van der Waals surface area contributed by atoms with Gasteiger partial charge in [0, 0.05) is 24.1 Å². The first kappa shape index (κ1) is 13.9. The Bertz CT molecular complexity index is 301. The molecule has 0 radical (unpaired) electrons. The largest absolute Gasteiger partial charge is 0.309 e. The van der Waals surface area contributed by atoms with Gasteiger partial charge in [-0.05, 0) is 12.5 Å². The van der Waals surface area contributed by atoms with Gasteiger partial charge in [-0.1, -0.05) is 19.1 Å². The summed E-state index contributed by atoms with van der Waals surface area (Å²) < 4.78 is 2.03. The zero-order valence-corrected chi connectivity index (χ0v) is 12.2. The molecular weight excluding hydrogens is 240 g/mol. The monoisotopic (exact) mass is 262 g/mol. The Hall–Kier alpha value is -0.200. The molecule has 0 aliphatic carbocycles. The number of thioether (sulfide) groups is 1. The molecule has 0 aliphatic rings. The Kier molecular flexibility index (Phi) is 6.23. The van der Waals surface area contributed by atoms with Crippen molar-refractivity contribution in [3.8, 4) is 0 Å². The van der Waals surface area contributed by atoms with Gasteiger partial charge in [0.2, 0.25) is 0 Å². The molecule has 0 aliphatic heterocycles. The Morgan fingerprint density at radius 3 is 2.94 bits per heavy atom. The lowest BCUT2D eigenvalue weighted by molar-refractivity contribution is 0.580. The van der Waals surface area contributed by atoms with Gasteiger partial charge in [-0.3, -0.25) is 0 Å². The molecular formula is C10H22N4S2. The van der Waals surface area contributed by atoms with Crippen molar-refractivity contribution in [2.75, 3.05) is 24.0 Å². The van der Waals surface area contributed by atoms with E-state index in [0.717, 1.165) is 12.2 Å². The summed E-state index contributed by atoms with van der Waals surface area (Å²) >= 11 is 1.70.